The van der Waals surface area contributed by atoms with Crippen LogP contribution in [0.5, 0.6) is 0 Å². The van der Waals surface area contributed by atoms with Crippen LogP contribution in [0.4, 0.5) is 0 Å². The quantitative estimate of drug-likeness (QED) is 0.812. The summed E-state index contributed by atoms with van der Waals surface area (Å²) < 4.78 is 0. The van der Waals surface area contributed by atoms with E-state index in [0.717, 1.165) is 6.42 Å². The molecule has 2 N–H and O–H groups in total. The largest absolute Gasteiger partial charge is 0.361 e. The number of hydrogen-bond acceptors (Lipinski definition) is 1. The van der Waals surface area contributed by atoms with Gasteiger partial charge in [-0.1, -0.05) is 18.1 Å². The Bertz CT molecular complexity index is 507. The van der Waals surface area contributed by atoms with Gasteiger partial charge in [-0.05, 0) is 50.4 Å². The molecule has 2 heterocycles. The fraction of sp³-hybridized carbons (Fsp3) is 0.467. The van der Waals surface area contributed by atoms with E-state index in [9.17, 15) is 0 Å². The van der Waals surface area contributed by atoms with Gasteiger partial charge in [0.05, 0.1) is 0 Å². The Kier molecular flexibility index (Phi) is 2.89. The normalized spacial score (nSPS) is 20.9. The third-order valence-corrected chi connectivity index (χ3v) is 3.80. The zero-order valence-electron chi connectivity index (χ0n) is 10.4. The van der Waals surface area contributed by atoms with Crippen LogP contribution in [0, 0.1) is 6.92 Å². The highest BCUT2D eigenvalue weighted by atomic mass is 14.9. The number of aromatic amines is 1. The number of fused-ring (bicyclic) bond motifs is 1. The molecular formula is C15H20N2. The van der Waals surface area contributed by atoms with Crippen molar-refractivity contribution in [2.45, 2.75) is 38.6 Å². The number of H-pyrrole nitrogens is 1. The van der Waals surface area contributed by atoms with Crippen molar-refractivity contribution in [2.24, 2.45) is 0 Å². The van der Waals surface area contributed by atoms with Gasteiger partial charge in [0.25, 0.3) is 0 Å². The minimum Gasteiger partial charge on any atom is -0.361 e. The van der Waals surface area contributed by atoms with E-state index >= 15 is 0 Å². The lowest BCUT2D eigenvalue weighted by Crippen LogP contribution is -2.35. The Hall–Kier alpha value is -1.28. The van der Waals surface area contributed by atoms with Crippen LogP contribution in [0.25, 0.3) is 10.9 Å². The first-order valence-electron chi connectivity index (χ1n) is 6.63. The van der Waals surface area contributed by atoms with E-state index in [1.807, 2.05) is 0 Å². The van der Waals surface area contributed by atoms with Crippen molar-refractivity contribution < 1.29 is 0 Å². The maximum absolute atomic E-state index is 3.62. The number of rotatable bonds is 2. The van der Waals surface area contributed by atoms with Gasteiger partial charge in [-0.25, -0.2) is 0 Å². The molecule has 0 radical (unpaired) electrons. The lowest BCUT2D eigenvalue weighted by molar-refractivity contribution is 0.400. The molecule has 0 amide bonds. The molecule has 1 aromatic heterocycles. The molecule has 1 saturated heterocycles. The summed E-state index contributed by atoms with van der Waals surface area (Å²) in [5.41, 5.74) is 4.07. The van der Waals surface area contributed by atoms with Gasteiger partial charge in [0.2, 0.25) is 0 Å². The standard InChI is InChI=1S/C15H20N2/c1-11-5-6-15-14(8-11)12(10-17-15)9-13-4-2-3-7-16-13/h5-6,8,10,13,16-17H,2-4,7,9H2,1H3. The van der Waals surface area contributed by atoms with Gasteiger partial charge in [-0.2, -0.15) is 0 Å². The maximum atomic E-state index is 3.62. The molecule has 1 aliphatic rings. The van der Waals surface area contributed by atoms with Crippen molar-refractivity contribution in [2.75, 3.05) is 6.54 Å². The molecule has 17 heavy (non-hydrogen) atoms. The second-order valence-corrected chi connectivity index (χ2v) is 5.21. The minimum atomic E-state index is 0.670. The number of nitrogens with one attached hydrogen (secondary N) is 2. The number of piperidine rings is 1. The highest BCUT2D eigenvalue weighted by molar-refractivity contribution is 5.83. The van der Waals surface area contributed by atoms with Crippen molar-refractivity contribution in [3.63, 3.8) is 0 Å². The first-order valence-corrected chi connectivity index (χ1v) is 6.63. The monoisotopic (exact) mass is 228 g/mol. The van der Waals surface area contributed by atoms with Crippen LogP contribution in [-0.4, -0.2) is 17.6 Å². The fourth-order valence-electron chi connectivity index (χ4n) is 2.82. The van der Waals surface area contributed by atoms with E-state index in [2.05, 4.69) is 41.6 Å². The van der Waals surface area contributed by atoms with Crippen LogP contribution in [0.2, 0.25) is 0 Å². The molecule has 1 unspecified atom stereocenters. The highest BCUT2D eigenvalue weighted by Crippen LogP contribution is 2.22. The van der Waals surface area contributed by atoms with Gasteiger partial charge in [-0.15, -0.1) is 0 Å². The second-order valence-electron chi connectivity index (χ2n) is 5.21. The molecule has 3 rings (SSSR count). The molecule has 0 spiro atoms. The van der Waals surface area contributed by atoms with E-state index in [4.69, 9.17) is 0 Å². The van der Waals surface area contributed by atoms with Crippen molar-refractivity contribution in [3.05, 3.63) is 35.5 Å². The zero-order valence-corrected chi connectivity index (χ0v) is 10.4. The molecule has 90 valence electrons. The molecule has 1 aromatic carbocycles. The first-order chi connectivity index (χ1) is 8.33. The smallest absolute Gasteiger partial charge is 0.0456 e. The van der Waals surface area contributed by atoms with Gasteiger partial charge >= 0.3 is 0 Å². The predicted octanol–water partition coefficient (Wildman–Crippen LogP) is 3.16. The lowest BCUT2D eigenvalue weighted by Gasteiger charge is -2.23. The Morgan fingerprint density at radius 1 is 1.29 bits per heavy atom. The molecule has 0 aliphatic carbocycles. The van der Waals surface area contributed by atoms with Crippen molar-refractivity contribution in [3.8, 4) is 0 Å². The topological polar surface area (TPSA) is 27.8 Å². The highest BCUT2D eigenvalue weighted by Gasteiger charge is 2.14. The molecule has 0 bridgehead atoms. The van der Waals surface area contributed by atoms with Gasteiger partial charge in [0.15, 0.2) is 0 Å². The Morgan fingerprint density at radius 3 is 3.06 bits per heavy atom. The Labute approximate surface area is 102 Å². The average Bonchev–Trinajstić information content (AvgIpc) is 2.73. The molecule has 1 fully saturated rings. The summed E-state index contributed by atoms with van der Waals surface area (Å²) in [6.07, 6.45) is 7.37. The van der Waals surface area contributed by atoms with E-state index in [-0.39, 0.29) is 0 Å². The van der Waals surface area contributed by atoms with E-state index in [0.29, 0.717) is 6.04 Å². The zero-order chi connectivity index (χ0) is 11.7. The summed E-state index contributed by atoms with van der Waals surface area (Å²) in [6.45, 7) is 3.35. The predicted molar refractivity (Wildman–Crippen MR) is 72.4 cm³/mol. The first kappa shape index (κ1) is 10.8. The number of aromatic nitrogens is 1. The van der Waals surface area contributed by atoms with E-state index in [1.54, 1.807) is 0 Å². The Morgan fingerprint density at radius 2 is 2.24 bits per heavy atom. The van der Waals surface area contributed by atoms with Gasteiger partial charge < -0.3 is 10.3 Å². The van der Waals surface area contributed by atoms with Gasteiger partial charge in [0.1, 0.15) is 0 Å². The SMILES string of the molecule is Cc1ccc2[nH]cc(CC3CCCCN3)c2c1. The molecule has 1 atom stereocenters. The van der Waals surface area contributed by atoms with Crippen LogP contribution >= 0.6 is 0 Å². The molecule has 1 aliphatic heterocycles. The van der Waals surface area contributed by atoms with Crippen LogP contribution in [0.3, 0.4) is 0 Å². The van der Waals surface area contributed by atoms with Gasteiger partial charge in [0, 0.05) is 23.1 Å². The Balaban J connectivity index is 1.86. The average molecular weight is 228 g/mol. The number of hydrogen-bond donors (Lipinski definition) is 2. The third kappa shape index (κ3) is 2.22. The molecule has 2 aromatic rings. The lowest BCUT2D eigenvalue weighted by atomic mass is 9.97. The number of benzene rings is 1. The van der Waals surface area contributed by atoms with Crippen molar-refractivity contribution >= 4 is 10.9 Å². The summed E-state index contributed by atoms with van der Waals surface area (Å²) >= 11 is 0. The van der Waals surface area contributed by atoms with E-state index in [1.165, 1.54) is 47.8 Å². The summed E-state index contributed by atoms with van der Waals surface area (Å²) in [5.74, 6) is 0. The van der Waals surface area contributed by atoms with Crippen LogP contribution in [0.15, 0.2) is 24.4 Å². The van der Waals surface area contributed by atoms with Crippen molar-refractivity contribution in [1.82, 2.24) is 10.3 Å². The van der Waals surface area contributed by atoms with E-state index < -0.39 is 0 Å². The fourth-order valence-corrected chi connectivity index (χ4v) is 2.82. The molecule has 2 heteroatoms. The maximum Gasteiger partial charge on any atom is 0.0456 e. The summed E-state index contributed by atoms with van der Waals surface area (Å²) in [5, 5.41) is 5.02. The van der Waals surface area contributed by atoms with Crippen LogP contribution in [0.1, 0.15) is 30.4 Å². The minimum absolute atomic E-state index is 0.670. The summed E-state index contributed by atoms with van der Waals surface area (Å²) in [7, 11) is 0. The van der Waals surface area contributed by atoms with Crippen LogP contribution < -0.4 is 5.32 Å². The van der Waals surface area contributed by atoms with Gasteiger partial charge in [-0.3, -0.25) is 0 Å². The second kappa shape index (κ2) is 4.53. The van der Waals surface area contributed by atoms with Crippen LogP contribution in [-0.2, 0) is 6.42 Å². The molecule has 0 saturated carbocycles. The third-order valence-electron chi connectivity index (χ3n) is 3.80. The molecular weight excluding hydrogens is 208 g/mol. The summed E-state index contributed by atoms with van der Waals surface area (Å²) in [6, 6.07) is 7.32. The molecule has 2 nitrogen and oxygen atoms in total. The number of aryl methyl sites for hydroxylation is 1. The summed E-state index contributed by atoms with van der Waals surface area (Å²) in [4.78, 5) is 3.38. The van der Waals surface area contributed by atoms with Crippen molar-refractivity contribution in [1.29, 1.82) is 0 Å².